The molecular formula is C48H89NO9P+. The molecule has 10 nitrogen and oxygen atoms in total. The summed E-state index contributed by atoms with van der Waals surface area (Å²) in [5.41, 5.74) is 0. The molecule has 59 heavy (non-hydrogen) atoms. The van der Waals surface area contributed by atoms with Crippen molar-refractivity contribution < 1.29 is 46.8 Å². The predicted molar refractivity (Wildman–Crippen MR) is 243 cm³/mol. The van der Waals surface area contributed by atoms with Crippen LogP contribution in [-0.2, 0) is 37.5 Å². The number of hydrogen-bond acceptors (Lipinski definition) is 8. The average Bonchev–Trinajstić information content (AvgIpc) is 3.18. The minimum Gasteiger partial charge on any atom is -0.462 e. The molecule has 0 heterocycles. The van der Waals surface area contributed by atoms with Gasteiger partial charge in [0.1, 0.15) is 19.8 Å². The van der Waals surface area contributed by atoms with Gasteiger partial charge in [-0.1, -0.05) is 153 Å². The number of unbranched alkanes of at least 4 members (excludes halogenated alkanes) is 22. The molecular weight excluding hydrogens is 766 g/mol. The molecule has 0 aromatic carbocycles. The number of nitrogens with zero attached hydrogens (tertiary/aromatic N) is 1. The highest BCUT2D eigenvalue weighted by atomic mass is 31.2. The second kappa shape index (κ2) is 40.0. The summed E-state index contributed by atoms with van der Waals surface area (Å²) in [6.07, 6.45) is 41.5. The SMILES string of the molecule is CCCCC/C=C\C=C\C(=O)CCCCCCCC(=O)O[C@H](COC(=O)CCCCCCCCCCC/C=C\CCCCCCCC)COP(=O)(O)OCC[N+](C)(C)C. The van der Waals surface area contributed by atoms with E-state index in [9.17, 15) is 23.8 Å². The molecule has 1 unspecified atom stereocenters. The standard InChI is InChI=1S/C48H88NO9P/c1-6-8-10-12-14-15-16-17-18-19-20-21-22-23-24-25-27-31-35-39-47(51)55-43-46(44-57-59(53,54)56-42-41-49(3,4)5)58-48(52)40-36-32-28-30-34-38-45(50)37-33-29-26-13-11-9-7-2/h17-18,26,29,33,37,46H,6-16,19-25,27-28,30-32,34-36,38-44H2,1-5H3/p+1/b18-17-,29-26-,37-33+/t46-/m1/s1. The van der Waals surface area contributed by atoms with Crippen LogP contribution in [-0.4, -0.2) is 80.7 Å². The third kappa shape index (κ3) is 43.8. The number of phosphoric acid groups is 1. The highest BCUT2D eigenvalue weighted by Gasteiger charge is 2.27. The Morgan fingerprint density at radius 3 is 1.58 bits per heavy atom. The molecule has 0 aliphatic rings. The number of ketones is 1. The Morgan fingerprint density at radius 2 is 1.02 bits per heavy atom. The molecule has 0 aliphatic heterocycles. The molecule has 0 bridgehead atoms. The van der Waals surface area contributed by atoms with Gasteiger partial charge in [0.05, 0.1) is 27.7 Å². The second-order valence-electron chi connectivity index (χ2n) is 17.2. The number of ether oxygens (including phenoxy) is 2. The van der Waals surface area contributed by atoms with Crippen molar-refractivity contribution in [3.8, 4) is 0 Å². The number of carbonyl (C=O) groups excluding carboxylic acids is 3. The van der Waals surface area contributed by atoms with Crippen LogP contribution in [0.1, 0.15) is 200 Å². The van der Waals surface area contributed by atoms with Crippen molar-refractivity contribution in [2.75, 3.05) is 47.5 Å². The summed E-state index contributed by atoms with van der Waals surface area (Å²) >= 11 is 0. The third-order valence-electron chi connectivity index (χ3n) is 10.1. The van der Waals surface area contributed by atoms with E-state index in [1.165, 1.54) is 103 Å². The van der Waals surface area contributed by atoms with Gasteiger partial charge in [-0.05, 0) is 63.9 Å². The lowest BCUT2D eigenvalue weighted by molar-refractivity contribution is -0.870. The highest BCUT2D eigenvalue weighted by molar-refractivity contribution is 7.47. The van der Waals surface area contributed by atoms with E-state index in [4.69, 9.17) is 18.5 Å². The maximum Gasteiger partial charge on any atom is 0.472 e. The van der Waals surface area contributed by atoms with Gasteiger partial charge in [0.15, 0.2) is 11.9 Å². The van der Waals surface area contributed by atoms with Crippen molar-refractivity contribution in [2.24, 2.45) is 0 Å². The zero-order chi connectivity index (χ0) is 43.7. The smallest absolute Gasteiger partial charge is 0.462 e. The second-order valence-corrected chi connectivity index (χ2v) is 18.6. The van der Waals surface area contributed by atoms with Crippen molar-refractivity contribution in [1.82, 2.24) is 0 Å². The number of rotatable bonds is 43. The monoisotopic (exact) mass is 855 g/mol. The lowest BCUT2D eigenvalue weighted by atomic mass is 10.1. The van der Waals surface area contributed by atoms with Crippen molar-refractivity contribution >= 4 is 25.5 Å². The van der Waals surface area contributed by atoms with Crippen molar-refractivity contribution in [2.45, 2.75) is 206 Å². The van der Waals surface area contributed by atoms with Crippen LogP contribution in [0.5, 0.6) is 0 Å². The first-order valence-corrected chi connectivity index (χ1v) is 25.2. The molecule has 0 fully saturated rings. The first-order valence-electron chi connectivity index (χ1n) is 23.7. The van der Waals surface area contributed by atoms with Crippen LogP contribution < -0.4 is 0 Å². The van der Waals surface area contributed by atoms with Crippen LogP contribution in [0.25, 0.3) is 0 Å². The summed E-state index contributed by atoms with van der Waals surface area (Å²) in [6, 6.07) is 0. The quantitative estimate of drug-likeness (QED) is 0.0121. The first-order chi connectivity index (χ1) is 28.4. The molecule has 0 aliphatic carbocycles. The number of quaternary nitrogens is 1. The van der Waals surface area contributed by atoms with E-state index >= 15 is 0 Å². The van der Waals surface area contributed by atoms with Gasteiger partial charge in [0.25, 0.3) is 0 Å². The third-order valence-corrected chi connectivity index (χ3v) is 11.1. The molecule has 0 spiro atoms. The Balaban J connectivity index is 4.37. The topological polar surface area (TPSA) is 125 Å². The molecule has 0 amide bonds. The first kappa shape index (κ1) is 56.9. The van der Waals surface area contributed by atoms with E-state index in [-0.39, 0.29) is 31.8 Å². The van der Waals surface area contributed by atoms with Gasteiger partial charge in [-0.3, -0.25) is 23.4 Å². The van der Waals surface area contributed by atoms with Gasteiger partial charge in [-0.25, -0.2) is 4.57 Å². The molecule has 0 saturated heterocycles. The molecule has 344 valence electrons. The van der Waals surface area contributed by atoms with E-state index in [1.807, 2.05) is 33.3 Å². The van der Waals surface area contributed by atoms with E-state index < -0.39 is 32.5 Å². The zero-order valence-electron chi connectivity index (χ0n) is 38.5. The van der Waals surface area contributed by atoms with Crippen molar-refractivity contribution in [3.05, 3.63) is 36.5 Å². The summed E-state index contributed by atoms with van der Waals surface area (Å²) < 4.78 is 34.3. The fraction of sp³-hybridized carbons (Fsp3) is 0.812. The van der Waals surface area contributed by atoms with E-state index in [2.05, 4.69) is 32.1 Å². The fourth-order valence-electron chi connectivity index (χ4n) is 6.34. The fourth-order valence-corrected chi connectivity index (χ4v) is 7.08. The molecule has 1 N–H and O–H groups in total. The lowest BCUT2D eigenvalue weighted by Crippen LogP contribution is -2.37. The maximum absolute atomic E-state index is 12.7. The Kier molecular flexibility index (Phi) is 38.6. The number of esters is 2. The summed E-state index contributed by atoms with van der Waals surface area (Å²) in [5, 5.41) is 0. The minimum absolute atomic E-state index is 0.00930. The Morgan fingerprint density at radius 1 is 0.559 bits per heavy atom. The van der Waals surface area contributed by atoms with E-state index in [1.54, 1.807) is 6.08 Å². The number of phosphoric ester groups is 1. The number of carbonyl (C=O) groups is 3. The molecule has 2 atom stereocenters. The molecule has 0 aromatic rings. The molecule has 0 radical (unpaired) electrons. The average molecular weight is 855 g/mol. The van der Waals surface area contributed by atoms with Gasteiger partial charge in [0, 0.05) is 19.3 Å². The highest BCUT2D eigenvalue weighted by Crippen LogP contribution is 2.43. The van der Waals surface area contributed by atoms with Crippen LogP contribution in [0, 0.1) is 0 Å². The summed E-state index contributed by atoms with van der Waals surface area (Å²) in [6.45, 7) is 4.23. The maximum atomic E-state index is 12.7. The summed E-state index contributed by atoms with van der Waals surface area (Å²) in [4.78, 5) is 47.5. The van der Waals surface area contributed by atoms with Crippen LogP contribution in [0.4, 0.5) is 0 Å². The Bertz CT molecular complexity index is 1160. The molecule has 0 rings (SSSR count). The largest absolute Gasteiger partial charge is 0.472 e. The van der Waals surface area contributed by atoms with Crippen LogP contribution in [0.3, 0.4) is 0 Å². The van der Waals surface area contributed by atoms with Crippen molar-refractivity contribution in [1.29, 1.82) is 0 Å². The van der Waals surface area contributed by atoms with Gasteiger partial charge in [0.2, 0.25) is 0 Å². The summed E-state index contributed by atoms with van der Waals surface area (Å²) in [7, 11) is 1.40. The van der Waals surface area contributed by atoms with Gasteiger partial charge in [-0.15, -0.1) is 0 Å². The van der Waals surface area contributed by atoms with Crippen molar-refractivity contribution in [3.63, 3.8) is 0 Å². The number of hydrogen-bond donors (Lipinski definition) is 1. The molecule has 0 saturated carbocycles. The molecule has 0 aromatic heterocycles. The lowest BCUT2D eigenvalue weighted by Gasteiger charge is -2.24. The number of allylic oxidation sites excluding steroid dienone is 6. The zero-order valence-corrected chi connectivity index (χ0v) is 39.4. The minimum atomic E-state index is -4.41. The van der Waals surface area contributed by atoms with Gasteiger partial charge >= 0.3 is 19.8 Å². The van der Waals surface area contributed by atoms with E-state index in [0.29, 0.717) is 23.9 Å². The predicted octanol–water partition coefficient (Wildman–Crippen LogP) is 12.9. The Hall–Kier alpha value is -2.10. The van der Waals surface area contributed by atoms with E-state index in [0.717, 1.165) is 57.8 Å². The van der Waals surface area contributed by atoms with Crippen LogP contribution in [0.2, 0.25) is 0 Å². The number of likely N-dealkylation sites (N-methyl/N-ethyl adjacent to an activating group) is 1. The van der Waals surface area contributed by atoms with Gasteiger partial charge < -0.3 is 18.9 Å². The van der Waals surface area contributed by atoms with Crippen LogP contribution >= 0.6 is 7.82 Å². The molecule has 11 heteroatoms. The van der Waals surface area contributed by atoms with Crippen LogP contribution in [0.15, 0.2) is 36.5 Å². The van der Waals surface area contributed by atoms with Gasteiger partial charge in [-0.2, -0.15) is 0 Å². The Labute approximate surface area is 361 Å². The normalized spacial score (nSPS) is 13.7. The summed E-state index contributed by atoms with van der Waals surface area (Å²) in [5.74, 6) is -0.769.